The summed E-state index contributed by atoms with van der Waals surface area (Å²) in [6, 6.07) is 3.53. The second-order valence-corrected chi connectivity index (χ2v) is 11.9. The molecule has 0 bridgehead atoms. The minimum atomic E-state index is -0.828. The van der Waals surface area contributed by atoms with Gasteiger partial charge in [-0.25, -0.2) is 14.4 Å². The zero-order valence-electron chi connectivity index (χ0n) is 20.2. The summed E-state index contributed by atoms with van der Waals surface area (Å²) in [6.07, 6.45) is 4.53. The van der Waals surface area contributed by atoms with E-state index in [0.29, 0.717) is 42.1 Å². The number of hydrogen-bond acceptors (Lipinski definition) is 8. The van der Waals surface area contributed by atoms with E-state index in [-0.39, 0.29) is 11.4 Å². The smallest absolute Gasteiger partial charge is 0.306 e. The number of thiazole rings is 1. The summed E-state index contributed by atoms with van der Waals surface area (Å²) in [4.78, 5) is 39.2. The third kappa shape index (κ3) is 5.79. The van der Waals surface area contributed by atoms with Crippen molar-refractivity contribution in [2.45, 2.75) is 45.2 Å². The molecule has 0 radical (unpaired) electrons. The number of rotatable bonds is 7. The summed E-state index contributed by atoms with van der Waals surface area (Å²) in [5.41, 5.74) is 0.896. The lowest BCUT2D eigenvalue weighted by Gasteiger charge is -2.31. The van der Waals surface area contributed by atoms with Crippen LogP contribution in [0.2, 0.25) is 5.02 Å². The Kier molecular flexibility index (Phi) is 7.75. The first kappa shape index (κ1) is 26.0. The maximum atomic E-state index is 14.9. The second-order valence-electron chi connectivity index (χ2n) is 9.46. The summed E-state index contributed by atoms with van der Waals surface area (Å²) in [5, 5.41) is 14.9. The molecule has 5 heterocycles. The lowest BCUT2D eigenvalue weighted by molar-refractivity contribution is -0.142. The number of anilines is 2. The van der Waals surface area contributed by atoms with Gasteiger partial charge in [0.25, 0.3) is 5.91 Å². The molecule has 2 fully saturated rings. The summed E-state index contributed by atoms with van der Waals surface area (Å²) in [6.45, 7) is 4.79. The van der Waals surface area contributed by atoms with Gasteiger partial charge in [-0.15, -0.1) is 11.3 Å². The Balaban J connectivity index is 1.32. The number of carbonyl (C=O) groups is 2. The van der Waals surface area contributed by atoms with E-state index in [2.05, 4.69) is 22.1 Å². The van der Waals surface area contributed by atoms with Crippen molar-refractivity contribution < 1.29 is 19.1 Å². The largest absolute Gasteiger partial charge is 0.481 e. The molecule has 196 valence electrons. The van der Waals surface area contributed by atoms with Crippen LogP contribution in [0.4, 0.5) is 15.3 Å². The van der Waals surface area contributed by atoms with E-state index in [1.807, 2.05) is 11.4 Å². The Morgan fingerprint density at radius 2 is 2.03 bits per heavy atom. The number of halogens is 2. The minimum Gasteiger partial charge on any atom is -0.481 e. The van der Waals surface area contributed by atoms with Gasteiger partial charge in [-0.2, -0.15) is 0 Å². The van der Waals surface area contributed by atoms with Gasteiger partial charge < -0.3 is 10.0 Å². The first-order valence-corrected chi connectivity index (χ1v) is 14.3. The topological polar surface area (TPSA) is 98.7 Å². The first-order chi connectivity index (χ1) is 17.8. The number of piperidine rings is 1. The third-order valence-electron chi connectivity index (χ3n) is 6.98. The predicted octanol–water partition coefficient (Wildman–Crippen LogP) is 5.60. The van der Waals surface area contributed by atoms with Crippen LogP contribution in [0.15, 0.2) is 23.7 Å². The molecular formula is C25H27ClFN5O3S2. The number of amides is 1. The second kappa shape index (κ2) is 11.0. The predicted molar refractivity (Wildman–Crippen MR) is 144 cm³/mol. The molecule has 3 aromatic rings. The Morgan fingerprint density at radius 1 is 1.24 bits per heavy atom. The number of pyridine rings is 1. The normalized spacial score (nSPS) is 18.9. The molecular weight excluding hydrogens is 537 g/mol. The fraction of sp³-hybridized carbons (Fsp3) is 0.440. The van der Waals surface area contributed by atoms with Crippen molar-refractivity contribution in [3.05, 3.63) is 45.0 Å². The summed E-state index contributed by atoms with van der Waals surface area (Å²) in [5.74, 6) is -2.22. The fourth-order valence-corrected chi connectivity index (χ4v) is 7.00. The van der Waals surface area contributed by atoms with Crippen LogP contribution >= 0.6 is 34.3 Å². The molecule has 2 N–H and O–H groups in total. The van der Waals surface area contributed by atoms with Crippen LogP contribution in [0.1, 0.15) is 47.8 Å². The van der Waals surface area contributed by atoms with E-state index in [4.69, 9.17) is 16.6 Å². The highest BCUT2D eigenvalue weighted by molar-refractivity contribution is 7.17. The van der Waals surface area contributed by atoms with Crippen molar-refractivity contribution in [2.75, 3.05) is 29.9 Å². The van der Waals surface area contributed by atoms with Crippen LogP contribution < -0.4 is 10.2 Å². The number of carboxylic acid groups (broad SMARTS) is 1. The average Bonchev–Trinajstić information content (AvgIpc) is 3.59. The molecule has 0 unspecified atom stereocenters. The highest BCUT2D eigenvalue weighted by Crippen LogP contribution is 2.38. The fourth-order valence-electron chi connectivity index (χ4n) is 4.85. The molecule has 2 aliphatic rings. The Labute approximate surface area is 227 Å². The summed E-state index contributed by atoms with van der Waals surface area (Å²) < 4.78 is 14.9. The number of thiophene rings is 1. The number of nitrogens with one attached hydrogen (secondary N) is 1. The van der Waals surface area contributed by atoms with Gasteiger partial charge in [0.1, 0.15) is 0 Å². The number of likely N-dealkylation sites (tertiary alicyclic amines) is 1. The van der Waals surface area contributed by atoms with Crippen LogP contribution in [0.3, 0.4) is 0 Å². The molecule has 12 heteroatoms. The van der Waals surface area contributed by atoms with Crippen molar-refractivity contribution in [3.63, 3.8) is 0 Å². The highest BCUT2D eigenvalue weighted by Gasteiger charge is 2.28. The highest BCUT2D eigenvalue weighted by atomic mass is 35.5. The summed E-state index contributed by atoms with van der Waals surface area (Å²) in [7, 11) is 0. The SMILES string of the molecule is C[C@H]1CCCN1Cc1sc(NC(=O)c2cnc(N3CCC(C(=O)O)CC3)c(F)c2)nc1-c1cc(Cl)cs1. The molecule has 2 aliphatic heterocycles. The van der Waals surface area contributed by atoms with Crippen LogP contribution in [-0.4, -0.2) is 57.5 Å². The molecule has 3 aromatic heterocycles. The molecule has 0 aromatic carbocycles. The Morgan fingerprint density at radius 3 is 2.65 bits per heavy atom. The quantitative estimate of drug-likeness (QED) is 0.386. The van der Waals surface area contributed by atoms with Crippen molar-refractivity contribution in [2.24, 2.45) is 5.92 Å². The number of carbonyl (C=O) groups excluding carboxylic acids is 1. The van der Waals surface area contributed by atoms with Crippen molar-refractivity contribution in [1.29, 1.82) is 0 Å². The molecule has 0 saturated carbocycles. The lowest BCUT2D eigenvalue weighted by atomic mass is 9.97. The Bertz CT molecular complexity index is 1310. The molecule has 5 rings (SSSR count). The molecule has 37 heavy (non-hydrogen) atoms. The van der Waals surface area contributed by atoms with E-state index in [0.717, 1.165) is 41.4 Å². The zero-order valence-corrected chi connectivity index (χ0v) is 22.6. The standard InChI is InChI=1S/C25H27ClFN5O3S2/c1-14-3-2-6-32(14)12-20-21(19-10-17(26)13-36-19)29-25(37-20)30-23(33)16-9-18(27)22(28-11-16)31-7-4-15(5-8-31)24(34)35/h9-11,13-15H,2-8,12H2,1H3,(H,34,35)(H,29,30,33)/t14-/m0/s1. The summed E-state index contributed by atoms with van der Waals surface area (Å²) >= 11 is 9.09. The van der Waals surface area contributed by atoms with Crippen LogP contribution in [0.25, 0.3) is 10.6 Å². The number of nitrogens with zero attached hydrogens (tertiary/aromatic N) is 4. The van der Waals surface area contributed by atoms with Gasteiger partial charge in [-0.3, -0.25) is 19.8 Å². The van der Waals surface area contributed by atoms with Gasteiger partial charge >= 0.3 is 5.97 Å². The number of carboxylic acids is 1. The van der Waals surface area contributed by atoms with Crippen LogP contribution in [0, 0.1) is 11.7 Å². The van der Waals surface area contributed by atoms with Gasteiger partial charge in [0.05, 0.1) is 27.1 Å². The maximum Gasteiger partial charge on any atom is 0.306 e. The van der Waals surface area contributed by atoms with Crippen molar-refractivity contribution in [3.8, 4) is 10.6 Å². The number of aromatic nitrogens is 2. The molecule has 1 amide bonds. The maximum absolute atomic E-state index is 14.9. The average molecular weight is 564 g/mol. The third-order valence-corrected chi connectivity index (χ3v) is 9.22. The van der Waals surface area contributed by atoms with Crippen molar-refractivity contribution in [1.82, 2.24) is 14.9 Å². The first-order valence-electron chi connectivity index (χ1n) is 12.2. The van der Waals surface area contributed by atoms with E-state index in [1.54, 1.807) is 4.90 Å². The van der Waals surface area contributed by atoms with Crippen LogP contribution in [-0.2, 0) is 11.3 Å². The van der Waals surface area contributed by atoms with Gasteiger partial charge in [-0.05, 0) is 51.3 Å². The van der Waals surface area contributed by atoms with E-state index >= 15 is 0 Å². The number of hydrogen-bond donors (Lipinski definition) is 2. The van der Waals surface area contributed by atoms with E-state index in [1.165, 1.54) is 34.9 Å². The number of aliphatic carboxylic acids is 1. The van der Waals surface area contributed by atoms with E-state index in [9.17, 15) is 19.1 Å². The Hall–Kier alpha value is -2.60. The lowest BCUT2D eigenvalue weighted by Crippen LogP contribution is -2.37. The minimum absolute atomic E-state index is 0.0901. The molecule has 1 atom stereocenters. The van der Waals surface area contributed by atoms with Crippen LogP contribution in [0.5, 0.6) is 0 Å². The van der Waals surface area contributed by atoms with Gasteiger partial charge in [0, 0.05) is 42.1 Å². The zero-order chi connectivity index (χ0) is 26.1. The van der Waals surface area contributed by atoms with Crippen molar-refractivity contribution >= 4 is 57.1 Å². The van der Waals surface area contributed by atoms with Gasteiger partial charge in [0.2, 0.25) is 0 Å². The van der Waals surface area contributed by atoms with Gasteiger partial charge in [-0.1, -0.05) is 22.9 Å². The van der Waals surface area contributed by atoms with E-state index < -0.39 is 23.6 Å². The molecule has 8 nitrogen and oxygen atoms in total. The molecule has 0 aliphatic carbocycles. The van der Waals surface area contributed by atoms with Gasteiger partial charge in [0.15, 0.2) is 16.8 Å². The molecule has 2 saturated heterocycles. The monoisotopic (exact) mass is 563 g/mol. The molecule has 0 spiro atoms.